The third-order valence-corrected chi connectivity index (χ3v) is 6.42. The highest BCUT2D eigenvalue weighted by Crippen LogP contribution is 2.32. The van der Waals surface area contributed by atoms with E-state index in [1.54, 1.807) is 6.07 Å². The Morgan fingerprint density at radius 1 is 1.03 bits per heavy atom. The highest BCUT2D eigenvalue weighted by atomic mass is 19.4. The summed E-state index contributed by atoms with van der Waals surface area (Å²) in [6.07, 6.45) is -1.82. The van der Waals surface area contributed by atoms with Gasteiger partial charge in [-0.05, 0) is 43.1 Å². The summed E-state index contributed by atoms with van der Waals surface area (Å²) < 4.78 is 38.9. The zero-order chi connectivity index (χ0) is 23.4. The van der Waals surface area contributed by atoms with Gasteiger partial charge in [0.05, 0.1) is 11.6 Å². The van der Waals surface area contributed by atoms with Gasteiger partial charge in [0.2, 0.25) is 5.91 Å². The molecule has 8 heteroatoms. The van der Waals surface area contributed by atoms with Crippen LogP contribution in [-0.4, -0.2) is 49.3 Å². The van der Waals surface area contributed by atoms with Gasteiger partial charge in [0, 0.05) is 50.3 Å². The van der Waals surface area contributed by atoms with E-state index < -0.39 is 11.7 Å². The molecule has 2 aromatic carbocycles. The SMILES string of the molecule is O=C1CCC(c2ccc(C(=O)CCCN3CCN(c4cccc(C(F)(F)F)c4)CC3)cc2)N1. The van der Waals surface area contributed by atoms with Crippen LogP contribution in [0.25, 0.3) is 0 Å². The van der Waals surface area contributed by atoms with Gasteiger partial charge in [-0.3, -0.25) is 14.5 Å². The van der Waals surface area contributed by atoms with Crippen molar-refractivity contribution < 1.29 is 22.8 Å². The Morgan fingerprint density at radius 2 is 1.76 bits per heavy atom. The van der Waals surface area contributed by atoms with Crippen LogP contribution in [0.15, 0.2) is 48.5 Å². The predicted molar refractivity (Wildman–Crippen MR) is 120 cm³/mol. The number of Topliss-reactive ketones (excluding diaryl/α,β-unsaturated/α-hetero) is 1. The average molecular weight is 460 g/mol. The molecule has 0 aromatic heterocycles. The largest absolute Gasteiger partial charge is 0.416 e. The molecule has 1 atom stereocenters. The molecule has 2 saturated heterocycles. The number of hydrogen-bond acceptors (Lipinski definition) is 4. The summed E-state index contributed by atoms with van der Waals surface area (Å²) in [7, 11) is 0. The number of amides is 1. The van der Waals surface area contributed by atoms with Crippen molar-refractivity contribution in [3.8, 4) is 0 Å². The molecule has 0 spiro atoms. The maximum absolute atomic E-state index is 13.0. The second kappa shape index (κ2) is 9.95. The number of anilines is 1. The standard InChI is InChI=1S/C25H28F3N3O2/c26-25(27,28)20-3-1-4-21(17-20)31-15-13-30(14-16-31)12-2-5-23(32)19-8-6-18(7-9-19)22-10-11-24(33)29-22/h1,3-4,6-9,17,22H,2,5,10-16H2,(H,29,33). The minimum atomic E-state index is -4.34. The van der Waals surface area contributed by atoms with Crippen molar-refractivity contribution in [1.82, 2.24) is 10.2 Å². The van der Waals surface area contributed by atoms with Crippen LogP contribution in [0.3, 0.4) is 0 Å². The van der Waals surface area contributed by atoms with Gasteiger partial charge < -0.3 is 10.2 Å². The Balaban J connectivity index is 1.20. The van der Waals surface area contributed by atoms with Crippen LogP contribution in [0.4, 0.5) is 18.9 Å². The molecule has 0 radical (unpaired) electrons. The van der Waals surface area contributed by atoms with Gasteiger partial charge in [-0.15, -0.1) is 0 Å². The number of halogens is 3. The summed E-state index contributed by atoms with van der Waals surface area (Å²) in [5.74, 6) is 0.162. The Bertz CT molecular complexity index is 983. The second-order valence-corrected chi connectivity index (χ2v) is 8.68. The number of alkyl halides is 3. The Hall–Kier alpha value is -2.87. The van der Waals surface area contributed by atoms with Gasteiger partial charge in [-0.2, -0.15) is 13.2 Å². The zero-order valence-electron chi connectivity index (χ0n) is 18.4. The molecule has 4 rings (SSSR count). The van der Waals surface area contributed by atoms with Crippen molar-refractivity contribution in [3.63, 3.8) is 0 Å². The first-order valence-electron chi connectivity index (χ1n) is 11.4. The van der Waals surface area contributed by atoms with Crippen molar-refractivity contribution in [2.75, 3.05) is 37.6 Å². The molecule has 2 heterocycles. The fraction of sp³-hybridized carbons (Fsp3) is 0.440. The van der Waals surface area contributed by atoms with Crippen LogP contribution in [0.1, 0.15) is 53.2 Å². The van der Waals surface area contributed by atoms with Crippen molar-refractivity contribution in [3.05, 3.63) is 65.2 Å². The van der Waals surface area contributed by atoms with Gasteiger partial charge in [0.25, 0.3) is 0 Å². The number of hydrogen-bond donors (Lipinski definition) is 1. The quantitative estimate of drug-likeness (QED) is 0.622. The molecule has 0 bridgehead atoms. The van der Waals surface area contributed by atoms with E-state index in [2.05, 4.69) is 10.2 Å². The zero-order valence-corrected chi connectivity index (χ0v) is 18.4. The van der Waals surface area contributed by atoms with E-state index in [0.29, 0.717) is 37.2 Å². The first-order chi connectivity index (χ1) is 15.8. The highest BCUT2D eigenvalue weighted by Gasteiger charge is 2.31. The number of ketones is 1. The number of carbonyl (C=O) groups is 2. The third-order valence-electron chi connectivity index (χ3n) is 6.42. The lowest BCUT2D eigenvalue weighted by molar-refractivity contribution is -0.137. The van der Waals surface area contributed by atoms with Crippen molar-refractivity contribution in [2.24, 2.45) is 0 Å². The Morgan fingerprint density at radius 3 is 2.39 bits per heavy atom. The van der Waals surface area contributed by atoms with E-state index in [4.69, 9.17) is 0 Å². The maximum atomic E-state index is 13.0. The fourth-order valence-corrected chi connectivity index (χ4v) is 4.48. The number of carbonyl (C=O) groups excluding carboxylic acids is 2. The molecule has 0 saturated carbocycles. The van der Waals surface area contributed by atoms with Crippen LogP contribution in [0.5, 0.6) is 0 Å². The van der Waals surface area contributed by atoms with E-state index in [9.17, 15) is 22.8 Å². The van der Waals surface area contributed by atoms with E-state index in [0.717, 1.165) is 44.1 Å². The molecule has 5 nitrogen and oxygen atoms in total. The highest BCUT2D eigenvalue weighted by molar-refractivity contribution is 5.96. The second-order valence-electron chi connectivity index (χ2n) is 8.68. The Kier molecular flexibility index (Phi) is 7.02. The molecule has 33 heavy (non-hydrogen) atoms. The van der Waals surface area contributed by atoms with Crippen molar-refractivity contribution in [2.45, 2.75) is 37.9 Å². The van der Waals surface area contributed by atoms with Crippen LogP contribution in [-0.2, 0) is 11.0 Å². The monoisotopic (exact) mass is 459 g/mol. The summed E-state index contributed by atoms with van der Waals surface area (Å²) in [4.78, 5) is 28.1. The number of nitrogens with zero attached hydrogens (tertiary/aromatic N) is 2. The van der Waals surface area contributed by atoms with Crippen LogP contribution in [0, 0.1) is 0 Å². The van der Waals surface area contributed by atoms with Gasteiger partial charge >= 0.3 is 6.18 Å². The van der Waals surface area contributed by atoms with Crippen molar-refractivity contribution >= 4 is 17.4 Å². The maximum Gasteiger partial charge on any atom is 0.416 e. The number of piperazine rings is 1. The van der Waals surface area contributed by atoms with Gasteiger partial charge in [-0.25, -0.2) is 0 Å². The number of rotatable bonds is 7. The van der Waals surface area contributed by atoms with E-state index in [-0.39, 0.29) is 17.7 Å². The third kappa shape index (κ3) is 5.93. The van der Waals surface area contributed by atoms with E-state index >= 15 is 0 Å². The molecule has 0 aliphatic carbocycles. The molecule has 2 aliphatic heterocycles. The lowest BCUT2D eigenvalue weighted by Gasteiger charge is -2.36. The molecule has 2 fully saturated rings. The molecule has 1 amide bonds. The number of nitrogens with one attached hydrogen (secondary N) is 1. The fourth-order valence-electron chi connectivity index (χ4n) is 4.48. The minimum absolute atomic E-state index is 0.0382. The van der Waals surface area contributed by atoms with Crippen LogP contribution < -0.4 is 10.2 Å². The summed E-state index contributed by atoms with van der Waals surface area (Å²) in [5.41, 5.74) is 1.68. The first kappa shape index (κ1) is 23.3. The summed E-state index contributed by atoms with van der Waals surface area (Å²) in [6, 6.07) is 13.0. The van der Waals surface area contributed by atoms with Gasteiger partial charge in [0.1, 0.15) is 0 Å². The molecular formula is C25H28F3N3O2. The predicted octanol–water partition coefficient (Wildman–Crippen LogP) is 4.44. The lowest BCUT2D eigenvalue weighted by atomic mass is 10.0. The summed E-state index contributed by atoms with van der Waals surface area (Å²) >= 11 is 0. The number of benzene rings is 2. The van der Waals surface area contributed by atoms with E-state index in [1.165, 1.54) is 12.1 Å². The van der Waals surface area contributed by atoms with Crippen LogP contribution >= 0.6 is 0 Å². The summed E-state index contributed by atoms with van der Waals surface area (Å²) in [6.45, 7) is 3.62. The molecule has 1 unspecified atom stereocenters. The lowest BCUT2D eigenvalue weighted by Crippen LogP contribution is -2.46. The molecule has 1 N–H and O–H groups in total. The normalized spacial score (nSPS) is 19.5. The topological polar surface area (TPSA) is 52.7 Å². The molecule has 2 aliphatic rings. The minimum Gasteiger partial charge on any atom is -0.369 e. The average Bonchev–Trinajstić information content (AvgIpc) is 3.25. The van der Waals surface area contributed by atoms with Crippen molar-refractivity contribution in [1.29, 1.82) is 0 Å². The first-order valence-corrected chi connectivity index (χ1v) is 11.4. The van der Waals surface area contributed by atoms with Gasteiger partial charge in [0.15, 0.2) is 5.78 Å². The smallest absolute Gasteiger partial charge is 0.369 e. The molecular weight excluding hydrogens is 431 g/mol. The van der Waals surface area contributed by atoms with E-state index in [1.807, 2.05) is 29.2 Å². The molecule has 2 aromatic rings. The van der Waals surface area contributed by atoms with Gasteiger partial charge in [-0.1, -0.05) is 30.3 Å². The summed E-state index contributed by atoms with van der Waals surface area (Å²) in [5, 5.41) is 2.93. The van der Waals surface area contributed by atoms with Crippen LogP contribution in [0.2, 0.25) is 0 Å². The molecule has 176 valence electrons. The Labute approximate surface area is 191 Å².